The predicted octanol–water partition coefficient (Wildman–Crippen LogP) is 5.46. The molecule has 0 aromatic heterocycles. The molecule has 0 spiro atoms. The second-order valence-corrected chi connectivity index (χ2v) is 11.2. The van der Waals surface area contributed by atoms with Crippen LogP contribution in [0.2, 0.25) is 0 Å². The maximum absolute atomic E-state index is 10.8. The van der Waals surface area contributed by atoms with Crippen molar-refractivity contribution in [2.24, 2.45) is 0 Å². The van der Waals surface area contributed by atoms with Crippen LogP contribution in [-0.2, 0) is 0 Å². The van der Waals surface area contributed by atoms with Gasteiger partial charge in [0.05, 0.1) is 35.7 Å². The van der Waals surface area contributed by atoms with Crippen LogP contribution in [0.3, 0.4) is 0 Å². The van der Waals surface area contributed by atoms with E-state index in [1.807, 2.05) is 12.2 Å². The third kappa shape index (κ3) is 5.60. The van der Waals surface area contributed by atoms with Crippen LogP contribution < -0.4 is 0 Å². The Kier molecular flexibility index (Phi) is 6.01. The first kappa shape index (κ1) is 19.5. The van der Waals surface area contributed by atoms with E-state index in [9.17, 15) is 20.2 Å². The maximum Gasteiger partial charge on any atom is 0.269 e. The molecule has 0 aliphatic rings. The maximum atomic E-state index is 10.8. The minimum Gasteiger partial charge on any atom is -0.258 e. The molecule has 0 heterocycles. The van der Waals surface area contributed by atoms with Crippen molar-refractivity contribution in [1.82, 2.24) is 0 Å². The molecule has 0 amide bonds. The van der Waals surface area contributed by atoms with Crippen molar-refractivity contribution < 1.29 is 9.85 Å². The van der Waals surface area contributed by atoms with E-state index in [0.29, 0.717) is 0 Å². The Morgan fingerprint density at radius 3 is 1.73 bits per heavy atom. The molecule has 7 heteroatoms. The van der Waals surface area contributed by atoms with Gasteiger partial charge >= 0.3 is 0 Å². The summed E-state index contributed by atoms with van der Waals surface area (Å²) >= 11 is 0. The Bertz CT molecular complexity index is 864. The van der Waals surface area contributed by atoms with Crippen LogP contribution in [0.1, 0.15) is 11.1 Å². The van der Waals surface area contributed by atoms with Crippen molar-refractivity contribution in [3.05, 3.63) is 91.8 Å². The lowest BCUT2D eigenvalue weighted by Gasteiger charge is -2.09. The molecule has 0 saturated carbocycles. The van der Waals surface area contributed by atoms with Crippen molar-refractivity contribution in [2.45, 2.75) is 0 Å². The Balaban J connectivity index is 2.34. The summed E-state index contributed by atoms with van der Waals surface area (Å²) in [6.45, 7) is 6.54. The first-order chi connectivity index (χ1) is 12.2. The van der Waals surface area contributed by atoms with Crippen molar-refractivity contribution in [3.63, 3.8) is 0 Å². The van der Waals surface area contributed by atoms with E-state index in [1.54, 1.807) is 24.3 Å². The summed E-state index contributed by atoms with van der Waals surface area (Å²) in [6.07, 6.45) is 3.82. The van der Waals surface area contributed by atoms with Gasteiger partial charge in [0.1, 0.15) is 0 Å². The van der Waals surface area contributed by atoms with E-state index >= 15 is 0 Å². The average Bonchev–Trinajstić information content (AvgIpc) is 2.58. The monoisotopic (exact) mass is 371 g/mol. The fourth-order valence-electron chi connectivity index (χ4n) is 2.30. The van der Waals surface area contributed by atoms with Gasteiger partial charge in [-0.1, -0.05) is 12.2 Å². The highest BCUT2D eigenvalue weighted by molar-refractivity contribution is 7.76. The third-order valence-electron chi connectivity index (χ3n) is 3.50. The van der Waals surface area contributed by atoms with Gasteiger partial charge in [-0.15, -0.1) is 0 Å². The number of nitro benzene ring substituents is 2. The molecule has 0 bridgehead atoms. The molecule has 0 aliphatic carbocycles. The van der Waals surface area contributed by atoms with Crippen molar-refractivity contribution in [1.29, 1.82) is 0 Å². The molecular formula is C19H20N2O4P+. The molecule has 0 unspecified atom stereocenters. The van der Waals surface area contributed by atoms with Crippen LogP contribution in [0.15, 0.2) is 60.4 Å². The largest absolute Gasteiger partial charge is 0.269 e. The first-order valence-corrected chi connectivity index (χ1v) is 11.1. The van der Waals surface area contributed by atoms with E-state index < -0.39 is 17.1 Å². The summed E-state index contributed by atoms with van der Waals surface area (Å²) in [5.41, 5.74) is 2.81. The molecule has 2 aromatic rings. The number of rotatable bonds is 6. The molecule has 0 N–H and O–H groups in total. The number of benzene rings is 2. The number of non-ortho nitro benzene ring substituents is 2. The van der Waals surface area contributed by atoms with Crippen molar-refractivity contribution in [2.75, 3.05) is 20.0 Å². The van der Waals surface area contributed by atoms with Gasteiger partial charge in [-0.25, -0.2) is 0 Å². The topological polar surface area (TPSA) is 86.3 Å². The molecular weight excluding hydrogens is 351 g/mol. The molecule has 2 aromatic carbocycles. The molecule has 0 atom stereocenters. The molecule has 134 valence electrons. The Morgan fingerprint density at radius 2 is 1.31 bits per heavy atom. The first-order valence-electron chi connectivity index (χ1n) is 7.87. The predicted molar refractivity (Wildman–Crippen MR) is 108 cm³/mol. The van der Waals surface area contributed by atoms with Crippen molar-refractivity contribution >= 4 is 30.3 Å². The Hall–Kier alpha value is -2.85. The summed E-state index contributed by atoms with van der Waals surface area (Å²) in [5, 5.41) is 21.6. The highest BCUT2D eigenvalue weighted by Gasteiger charge is 2.16. The molecule has 0 fully saturated rings. The van der Waals surface area contributed by atoms with E-state index in [1.165, 1.54) is 24.3 Å². The smallest absolute Gasteiger partial charge is 0.258 e. The second-order valence-electron chi connectivity index (χ2n) is 6.69. The van der Waals surface area contributed by atoms with Gasteiger partial charge < -0.3 is 0 Å². The number of hydrogen-bond donors (Lipinski definition) is 0. The van der Waals surface area contributed by atoms with Gasteiger partial charge in [-0.05, 0) is 35.4 Å². The lowest BCUT2D eigenvalue weighted by molar-refractivity contribution is -0.385. The van der Waals surface area contributed by atoms with Crippen LogP contribution in [0.5, 0.6) is 0 Å². The number of nitro groups is 2. The molecule has 26 heavy (non-hydrogen) atoms. The van der Waals surface area contributed by atoms with E-state index in [0.717, 1.165) is 16.7 Å². The van der Waals surface area contributed by atoms with Gasteiger partial charge in [0.2, 0.25) is 0 Å². The number of allylic oxidation sites excluding steroid dienone is 2. The fourth-order valence-corrected chi connectivity index (χ4v) is 3.37. The minimum atomic E-state index is -1.25. The van der Waals surface area contributed by atoms with Gasteiger partial charge in [-0.3, -0.25) is 20.2 Å². The molecule has 0 aliphatic heterocycles. The summed E-state index contributed by atoms with van der Waals surface area (Å²) in [4.78, 5) is 20.7. The summed E-state index contributed by atoms with van der Waals surface area (Å²) in [5.74, 6) is 2.19. The second kappa shape index (κ2) is 8.02. The third-order valence-corrected chi connectivity index (χ3v) is 4.55. The minimum absolute atomic E-state index is 0.0499. The van der Waals surface area contributed by atoms with Crippen LogP contribution in [0.4, 0.5) is 11.4 Å². The number of nitrogens with zero attached hydrogens (tertiary/aromatic N) is 2. The molecule has 0 saturated heterocycles. The van der Waals surface area contributed by atoms with Crippen LogP contribution in [0, 0.1) is 20.2 Å². The van der Waals surface area contributed by atoms with Crippen molar-refractivity contribution in [3.8, 4) is 0 Å². The molecule has 6 nitrogen and oxygen atoms in total. The van der Waals surface area contributed by atoms with E-state index in [4.69, 9.17) is 0 Å². The standard InChI is InChI=1S/C19H20N2O4P/c1-26(2,3)14-17(16-8-12-19(13-9-16)21(24)25)7-4-15-5-10-18(11-6-15)20(22)23/h4-14H,1-3H3/q+1/b7-4+,17-14-. The van der Waals surface area contributed by atoms with E-state index in [2.05, 4.69) is 25.8 Å². The lowest BCUT2D eigenvalue weighted by atomic mass is 10.1. The van der Waals surface area contributed by atoms with Crippen LogP contribution >= 0.6 is 7.26 Å². The number of hydrogen-bond acceptors (Lipinski definition) is 4. The SMILES string of the molecule is C[P+](C)(C)/C=C(/C=C/c1ccc([N+](=O)[O-])cc1)c1ccc([N+](=O)[O-])cc1. The zero-order chi connectivity index (χ0) is 19.3. The highest BCUT2D eigenvalue weighted by Crippen LogP contribution is 2.50. The van der Waals surface area contributed by atoms with Crippen LogP contribution in [0.25, 0.3) is 11.6 Å². The van der Waals surface area contributed by atoms with Crippen LogP contribution in [-0.4, -0.2) is 29.8 Å². The zero-order valence-electron chi connectivity index (χ0n) is 14.8. The molecule has 2 rings (SSSR count). The highest BCUT2D eigenvalue weighted by atomic mass is 31.2. The van der Waals surface area contributed by atoms with Gasteiger partial charge in [0.15, 0.2) is 0 Å². The normalized spacial score (nSPS) is 12.3. The summed E-state index contributed by atoms with van der Waals surface area (Å²) in [7, 11) is -1.25. The zero-order valence-corrected chi connectivity index (χ0v) is 15.7. The lowest BCUT2D eigenvalue weighted by Crippen LogP contribution is -1.89. The average molecular weight is 371 g/mol. The van der Waals surface area contributed by atoms with Gasteiger partial charge in [0, 0.05) is 37.1 Å². The fraction of sp³-hybridized carbons (Fsp3) is 0.158. The van der Waals surface area contributed by atoms with Gasteiger partial charge in [-0.2, -0.15) is 0 Å². The quantitative estimate of drug-likeness (QED) is 0.292. The Morgan fingerprint density at radius 1 is 0.846 bits per heavy atom. The van der Waals surface area contributed by atoms with E-state index in [-0.39, 0.29) is 11.4 Å². The summed E-state index contributed by atoms with van der Waals surface area (Å²) < 4.78 is 0. The summed E-state index contributed by atoms with van der Waals surface area (Å²) in [6, 6.07) is 12.8. The Labute approximate surface area is 152 Å². The van der Waals surface area contributed by atoms with Gasteiger partial charge in [0.25, 0.3) is 11.4 Å². The molecule has 0 radical (unpaired) electrons.